The van der Waals surface area contributed by atoms with Crippen LogP contribution in [-0.2, 0) is 4.79 Å². The van der Waals surface area contributed by atoms with Gasteiger partial charge in [0.25, 0.3) is 11.8 Å². The summed E-state index contributed by atoms with van der Waals surface area (Å²) in [4.78, 5) is 23.8. The molecule has 2 amide bonds. The van der Waals surface area contributed by atoms with Crippen LogP contribution in [0.2, 0.25) is 0 Å². The van der Waals surface area contributed by atoms with E-state index in [1.807, 2.05) is 12.0 Å². The molecule has 2 aromatic carbocycles. The topological polar surface area (TPSA) is 120 Å². The molecule has 0 aliphatic carbocycles. The number of hydrogen-bond acceptors (Lipinski definition) is 5. The van der Waals surface area contributed by atoms with E-state index in [1.165, 1.54) is 12.1 Å². The Balaban J connectivity index is 1.51. The summed E-state index contributed by atoms with van der Waals surface area (Å²) in [5, 5.41) is 22.3. The maximum Gasteiger partial charge on any atom is 0.300 e. The zero-order chi connectivity index (χ0) is 20.4. The number of nitrogens with one attached hydrogen (secondary N) is 3. The zero-order valence-electron chi connectivity index (χ0n) is 14.9. The fraction of sp³-hybridized carbons (Fsp3) is 0. The normalized spacial score (nSPS) is 10.4. The average Bonchev–Trinajstić information content (AvgIpc) is 3.34. The summed E-state index contributed by atoms with van der Waals surface area (Å²) in [7, 11) is 0. The molecule has 0 atom stereocenters. The summed E-state index contributed by atoms with van der Waals surface area (Å²) in [6.07, 6.45) is 5.06. The number of phenols is 1. The number of benzene rings is 2. The van der Waals surface area contributed by atoms with Gasteiger partial charge in [-0.15, -0.1) is 6.42 Å². The summed E-state index contributed by atoms with van der Waals surface area (Å²) >= 11 is 0. The SMILES string of the molecule is C#CC(=O)Nc1cccc(-c2cc(NC(=O)c3cc4ccc(O)cc4o3)n[nH]2)c1. The Bertz CT molecular complexity index is 1280. The lowest BCUT2D eigenvalue weighted by atomic mass is 10.1. The number of phenolic OH excluding ortho intramolecular Hbond substituents is 1. The molecule has 4 aromatic rings. The first-order chi connectivity index (χ1) is 14.0. The number of aromatic nitrogens is 2. The van der Waals surface area contributed by atoms with Gasteiger partial charge < -0.3 is 20.2 Å². The van der Waals surface area contributed by atoms with Crippen LogP contribution in [0.1, 0.15) is 10.6 Å². The van der Waals surface area contributed by atoms with E-state index < -0.39 is 11.8 Å². The highest BCUT2D eigenvalue weighted by Gasteiger charge is 2.15. The number of fused-ring (bicyclic) bond motifs is 1. The lowest BCUT2D eigenvalue weighted by molar-refractivity contribution is -0.111. The number of nitrogens with zero attached hydrogens (tertiary/aromatic N) is 1. The molecular weight excluding hydrogens is 372 g/mol. The molecule has 2 heterocycles. The molecule has 0 aliphatic heterocycles. The first-order valence-corrected chi connectivity index (χ1v) is 8.49. The second-order valence-electron chi connectivity index (χ2n) is 6.13. The number of aromatic hydroxyl groups is 1. The van der Waals surface area contributed by atoms with Gasteiger partial charge in [0.05, 0.1) is 5.69 Å². The predicted octanol–water partition coefficient (Wildman–Crippen LogP) is 3.35. The van der Waals surface area contributed by atoms with Crippen molar-refractivity contribution >= 4 is 34.3 Å². The molecule has 0 spiro atoms. The monoisotopic (exact) mass is 386 g/mol. The highest BCUT2D eigenvalue weighted by molar-refractivity contribution is 6.05. The van der Waals surface area contributed by atoms with Gasteiger partial charge in [-0.25, -0.2) is 0 Å². The van der Waals surface area contributed by atoms with Gasteiger partial charge in [-0.3, -0.25) is 14.7 Å². The molecule has 8 nitrogen and oxygen atoms in total. The molecule has 0 fully saturated rings. The van der Waals surface area contributed by atoms with Crippen LogP contribution in [0, 0.1) is 12.3 Å². The maximum absolute atomic E-state index is 12.4. The van der Waals surface area contributed by atoms with Crippen molar-refractivity contribution in [3.05, 3.63) is 60.4 Å². The maximum atomic E-state index is 12.4. The lowest BCUT2D eigenvalue weighted by Gasteiger charge is -2.03. The van der Waals surface area contributed by atoms with Gasteiger partial charge in [0, 0.05) is 28.8 Å². The van der Waals surface area contributed by atoms with E-state index in [2.05, 4.69) is 20.8 Å². The Morgan fingerprint density at radius 3 is 2.79 bits per heavy atom. The van der Waals surface area contributed by atoms with E-state index in [0.717, 1.165) is 5.56 Å². The molecular formula is C21H14N4O4. The molecule has 0 unspecified atom stereocenters. The molecule has 2 aromatic heterocycles. The van der Waals surface area contributed by atoms with Gasteiger partial charge >= 0.3 is 0 Å². The second kappa shape index (κ2) is 7.25. The van der Waals surface area contributed by atoms with Gasteiger partial charge in [-0.1, -0.05) is 12.1 Å². The number of carbonyl (C=O) groups is 2. The minimum absolute atomic E-state index is 0.0522. The molecule has 0 aliphatic rings. The van der Waals surface area contributed by atoms with Crippen LogP contribution in [0.5, 0.6) is 5.75 Å². The second-order valence-corrected chi connectivity index (χ2v) is 6.13. The van der Waals surface area contributed by atoms with E-state index in [4.69, 9.17) is 10.8 Å². The van der Waals surface area contributed by atoms with Gasteiger partial charge in [0.2, 0.25) is 0 Å². The fourth-order valence-electron chi connectivity index (χ4n) is 2.77. The summed E-state index contributed by atoms with van der Waals surface area (Å²) in [5.41, 5.74) is 2.32. The molecule has 0 saturated carbocycles. The minimum atomic E-state index is -0.543. The molecule has 142 valence electrons. The van der Waals surface area contributed by atoms with Crippen molar-refractivity contribution < 1.29 is 19.1 Å². The molecule has 0 radical (unpaired) electrons. The van der Waals surface area contributed by atoms with Crippen molar-refractivity contribution in [2.45, 2.75) is 0 Å². The third-order valence-corrected chi connectivity index (χ3v) is 4.11. The van der Waals surface area contributed by atoms with Gasteiger partial charge in [0.1, 0.15) is 11.3 Å². The van der Waals surface area contributed by atoms with Crippen molar-refractivity contribution in [1.82, 2.24) is 10.2 Å². The van der Waals surface area contributed by atoms with Gasteiger partial charge in [-0.2, -0.15) is 5.10 Å². The van der Waals surface area contributed by atoms with Crippen LogP contribution in [0.15, 0.2) is 59.0 Å². The molecule has 8 heteroatoms. The summed E-state index contributed by atoms with van der Waals surface area (Å²) in [6.45, 7) is 0. The number of carbonyl (C=O) groups excluding carboxylic acids is 2. The third kappa shape index (κ3) is 3.79. The molecule has 4 rings (SSSR count). The Morgan fingerprint density at radius 1 is 1.10 bits per heavy atom. The number of H-pyrrole nitrogens is 1. The van der Waals surface area contributed by atoms with Crippen LogP contribution in [0.3, 0.4) is 0 Å². The Morgan fingerprint density at radius 2 is 1.97 bits per heavy atom. The van der Waals surface area contributed by atoms with Crippen LogP contribution in [0.25, 0.3) is 22.2 Å². The highest BCUT2D eigenvalue weighted by Crippen LogP contribution is 2.25. The summed E-state index contributed by atoms with van der Waals surface area (Å²) in [5.74, 6) is 1.41. The lowest BCUT2D eigenvalue weighted by Crippen LogP contribution is -2.10. The van der Waals surface area contributed by atoms with Crippen LogP contribution < -0.4 is 10.6 Å². The first-order valence-electron chi connectivity index (χ1n) is 8.49. The van der Waals surface area contributed by atoms with E-state index in [0.29, 0.717) is 28.2 Å². The van der Waals surface area contributed by atoms with Crippen molar-refractivity contribution in [3.63, 3.8) is 0 Å². The summed E-state index contributed by atoms with van der Waals surface area (Å²) in [6, 6.07) is 14.8. The van der Waals surface area contributed by atoms with E-state index >= 15 is 0 Å². The number of rotatable bonds is 4. The molecule has 4 N–H and O–H groups in total. The Hall–Kier alpha value is -4.51. The summed E-state index contributed by atoms with van der Waals surface area (Å²) < 4.78 is 5.47. The smallest absolute Gasteiger partial charge is 0.300 e. The molecule has 0 saturated heterocycles. The van der Waals surface area contributed by atoms with Crippen LogP contribution >= 0.6 is 0 Å². The Kier molecular flexibility index (Phi) is 4.47. The number of terminal acetylenes is 1. The minimum Gasteiger partial charge on any atom is -0.508 e. The van der Waals surface area contributed by atoms with Crippen LogP contribution in [-0.4, -0.2) is 27.1 Å². The standard InChI is InChI=1S/C21H14N4O4/c1-2-20(27)22-14-5-3-4-12(8-14)16-11-19(25-24-16)23-21(28)18-9-13-6-7-15(26)10-17(13)29-18/h1,3-11,26H,(H,22,27)(H2,23,24,25,28). The number of amides is 2. The molecule has 0 bridgehead atoms. The van der Waals surface area contributed by atoms with Crippen LogP contribution in [0.4, 0.5) is 11.5 Å². The fourth-order valence-corrected chi connectivity index (χ4v) is 2.77. The van der Waals surface area contributed by atoms with Crippen molar-refractivity contribution in [2.75, 3.05) is 10.6 Å². The van der Waals surface area contributed by atoms with Crippen molar-refractivity contribution in [3.8, 4) is 29.4 Å². The Labute approximate surface area is 164 Å². The number of aromatic amines is 1. The van der Waals surface area contributed by atoms with E-state index in [-0.39, 0.29) is 11.5 Å². The van der Waals surface area contributed by atoms with E-state index in [1.54, 1.807) is 36.4 Å². The zero-order valence-corrected chi connectivity index (χ0v) is 14.9. The average molecular weight is 386 g/mol. The highest BCUT2D eigenvalue weighted by atomic mass is 16.3. The first kappa shape index (κ1) is 17.9. The molecule has 29 heavy (non-hydrogen) atoms. The van der Waals surface area contributed by atoms with E-state index in [9.17, 15) is 14.7 Å². The van der Waals surface area contributed by atoms with Crippen molar-refractivity contribution in [2.24, 2.45) is 0 Å². The largest absolute Gasteiger partial charge is 0.508 e. The number of furan rings is 1. The van der Waals surface area contributed by atoms with Gasteiger partial charge in [-0.05, 0) is 36.3 Å². The van der Waals surface area contributed by atoms with Crippen molar-refractivity contribution in [1.29, 1.82) is 0 Å². The quantitative estimate of drug-likeness (QED) is 0.401. The van der Waals surface area contributed by atoms with Gasteiger partial charge in [0.15, 0.2) is 11.6 Å². The number of anilines is 2. The third-order valence-electron chi connectivity index (χ3n) is 4.11. The predicted molar refractivity (Wildman–Crippen MR) is 107 cm³/mol. The number of hydrogen-bond donors (Lipinski definition) is 4.